The van der Waals surface area contributed by atoms with Gasteiger partial charge in [0, 0.05) is 36.4 Å². The van der Waals surface area contributed by atoms with Gasteiger partial charge < -0.3 is 9.30 Å². The molecule has 3 rings (SSSR count). The molecule has 0 spiro atoms. The number of nitro benzene ring substituents is 1. The van der Waals surface area contributed by atoms with Crippen LogP contribution in [0.3, 0.4) is 0 Å². The minimum absolute atomic E-state index is 0.0926. The molecule has 0 aliphatic rings. The van der Waals surface area contributed by atoms with Crippen LogP contribution in [0.25, 0.3) is 10.2 Å². The van der Waals surface area contributed by atoms with E-state index >= 15 is 0 Å². The summed E-state index contributed by atoms with van der Waals surface area (Å²) in [4.78, 5) is 27.3. The van der Waals surface area contributed by atoms with Gasteiger partial charge >= 0.3 is 0 Å². The number of ether oxygens (including phenoxy) is 1. The first-order chi connectivity index (χ1) is 12.9. The average molecular weight is 426 g/mol. The molecular formula is C17H13Cl2N3O4S. The van der Waals surface area contributed by atoms with Crippen molar-refractivity contribution in [2.45, 2.75) is 6.54 Å². The van der Waals surface area contributed by atoms with Gasteiger partial charge in [0.2, 0.25) is 0 Å². The van der Waals surface area contributed by atoms with Crippen LogP contribution in [0.5, 0.6) is 0 Å². The number of benzene rings is 2. The SMILES string of the molecule is COCCn1c(=NC(=O)c2ccc([N+](=O)[O-])cc2)sc2cc(Cl)cc(Cl)c21. The number of amides is 1. The fourth-order valence-corrected chi connectivity index (χ4v) is 4.32. The Kier molecular flexibility index (Phi) is 5.91. The van der Waals surface area contributed by atoms with Crippen molar-refractivity contribution < 1.29 is 14.5 Å². The third-order valence-electron chi connectivity index (χ3n) is 3.74. The molecule has 27 heavy (non-hydrogen) atoms. The van der Waals surface area contributed by atoms with Crippen molar-refractivity contribution in [3.05, 3.63) is 66.9 Å². The molecule has 7 nitrogen and oxygen atoms in total. The van der Waals surface area contributed by atoms with Gasteiger partial charge in [0.05, 0.1) is 26.8 Å². The van der Waals surface area contributed by atoms with E-state index in [4.69, 9.17) is 27.9 Å². The largest absolute Gasteiger partial charge is 0.383 e. The van der Waals surface area contributed by atoms with Gasteiger partial charge in [-0.15, -0.1) is 0 Å². The molecule has 1 aromatic heterocycles. The molecule has 0 radical (unpaired) electrons. The number of nitrogens with zero attached hydrogens (tertiary/aromatic N) is 3. The van der Waals surface area contributed by atoms with Crippen LogP contribution in [-0.2, 0) is 11.3 Å². The summed E-state index contributed by atoms with van der Waals surface area (Å²) >= 11 is 13.7. The smallest absolute Gasteiger partial charge is 0.279 e. The van der Waals surface area contributed by atoms with Crippen LogP contribution in [0, 0.1) is 10.1 Å². The number of hydrogen-bond donors (Lipinski definition) is 0. The third kappa shape index (κ3) is 4.19. The number of carbonyl (C=O) groups excluding carboxylic acids is 1. The van der Waals surface area contributed by atoms with Gasteiger partial charge in [0.25, 0.3) is 11.6 Å². The standard InChI is InChI=1S/C17H13Cl2N3O4S/c1-26-7-6-21-15-13(19)8-11(18)9-14(15)27-17(21)20-16(23)10-2-4-12(5-3-10)22(24)25/h2-5,8-9H,6-7H2,1H3. The Labute approximate surface area is 167 Å². The lowest BCUT2D eigenvalue weighted by atomic mass is 10.2. The highest BCUT2D eigenvalue weighted by Gasteiger charge is 2.14. The molecule has 1 heterocycles. The maximum absolute atomic E-state index is 12.5. The Bertz CT molecular complexity index is 1090. The lowest BCUT2D eigenvalue weighted by Crippen LogP contribution is -2.19. The van der Waals surface area contributed by atoms with Gasteiger partial charge in [-0.2, -0.15) is 4.99 Å². The van der Waals surface area contributed by atoms with E-state index in [0.29, 0.717) is 28.0 Å². The van der Waals surface area contributed by atoms with Gasteiger partial charge in [-0.05, 0) is 24.3 Å². The molecule has 0 bridgehead atoms. The van der Waals surface area contributed by atoms with Gasteiger partial charge in [-0.25, -0.2) is 0 Å². The van der Waals surface area contributed by atoms with Gasteiger partial charge in [-0.1, -0.05) is 34.5 Å². The van der Waals surface area contributed by atoms with E-state index in [9.17, 15) is 14.9 Å². The molecule has 0 fully saturated rings. The van der Waals surface area contributed by atoms with Crippen LogP contribution in [0.2, 0.25) is 10.0 Å². The molecule has 140 valence electrons. The Morgan fingerprint density at radius 1 is 1.30 bits per heavy atom. The number of non-ortho nitro benzene ring substituents is 1. The van der Waals surface area contributed by atoms with E-state index in [2.05, 4.69) is 4.99 Å². The van der Waals surface area contributed by atoms with Gasteiger partial charge in [0.1, 0.15) is 0 Å². The fourth-order valence-electron chi connectivity index (χ4n) is 2.48. The molecule has 0 N–H and O–H groups in total. The first-order valence-corrected chi connectivity index (χ1v) is 9.29. The summed E-state index contributed by atoms with van der Waals surface area (Å²) in [6.45, 7) is 0.855. The van der Waals surface area contributed by atoms with Crippen molar-refractivity contribution in [1.82, 2.24) is 4.57 Å². The number of aromatic nitrogens is 1. The summed E-state index contributed by atoms with van der Waals surface area (Å²) in [5.74, 6) is -0.509. The van der Waals surface area contributed by atoms with Crippen molar-refractivity contribution in [3.63, 3.8) is 0 Å². The number of carbonyl (C=O) groups is 1. The lowest BCUT2D eigenvalue weighted by Gasteiger charge is -2.06. The molecule has 0 aliphatic heterocycles. The number of hydrogen-bond acceptors (Lipinski definition) is 5. The first-order valence-electron chi connectivity index (χ1n) is 7.71. The average Bonchev–Trinajstić information content (AvgIpc) is 2.96. The van der Waals surface area contributed by atoms with Crippen molar-refractivity contribution in [3.8, 4) is 0 Å². The highest BCUT2D eigenvalue weighted by molar-refractivity contribution is 7.16. The topological polar surface area (TPSA) is 86.7 Å². The van der Waals surface area contributed by atoms with Crippen molar-refractivity contribution in [1.29, 1.82) is 0 Å². The van der Waals surface area contributed by atoms with E-state index in [1.807, 2.05) is 0 Å². The van der Waals surface area contributed by atoms with Crippen LogP contribution < -0.4 is 4.80 Å². The zero-order valence-corrected chi connectivity index (χ0v) is 16.3. The fraction of sp³-hybridized carbons (Fsp3) is 0.176. The van der Waals surface area contributed by atoms with E-state index in [0.717, 1.165) is 10.2 Å². The van der Waals surface area contributed by atoms with E-state index in [1.54, 1.807) is 23.8 Å². The summed E-state index contributed by atoms with van der Waals surface area (Å²) in [6, 6.07) is 8.67. The minimum Gasteiger partial charge on any atom is -0.383 e. The van der Waals surface area contributed by atoms with Crippen LogP contribution in [-0.4, -0.2) is 29.1 Å². The summed E-state index contributed by atoms with van der Waals surface area (Å²) in [7, 11) is 1.58. The van der Waals surface area contributed by atoms with E-state index < -0.39 is 10.8 Å². The lowest BCUT2D eigenvalue weighted by molar-refractivity contribution is -0.384. The summed E-state index contributed by atoms with van der Waals surface area (Å²) < 4.78 is 7.72. The summed E-state index contributed by atoms with van der Waals surface area (Å²) in [5.41, 5.74) is 0.879. The second-order valence-corrected chi connectivity index (χ2v) is 7.34. The summed E-state index contributed by atoms with van der Waals surface area (Å²) in [5, 5.41) is 11.7. The third-order valence-corrected chi connectivity index (χ3v) is 5.27. The molecule has 0 saturated heterocycles. The van der Waals surface area contributed by atoms with Crippen LogP contribution >= 0.6 is 34.5 Å². The zero-order chi connectivity index (χ0) is 19.6. The number of rotatable bonds is 5. The molecule has 1 amide bonds. The Morgan fingerprint density at radius 3 is 2.63 bits per heavy atom. The molecule has 3 aromatic rings. The zero-order valence-electron chi connectivity index (χ0n) is 14.0. The molecule has 10 heteroatoms. The number of nitro groups is 1. The molecular weight excluding hydrogens is 413 g/mol. The van der Waals surface area contributed by atoms with E-state index in [-0.39, 0.29) is 11.3 Å². The molecule has 0 unspecified atom stereocenters. The highest BCUT2D eigenvalue weighted by atomic mass is 35.5. The van der Waals surface area contributed by atoms with Crippen molar-refractivity contribution in [2.75, 3.05) is 13.7 Å². The maximum atomic E-state index is 12.5. The van der Waals surface area contributed by atoms with Crippen molar-refractivity contribution in [2.24, 2.45) is 4.99 Å². The second-order valence-electron chi connectivity index (χ2n) is 5.48. The van der Waals surface area contributed by atoms with Crippen LogP contribution in [0.1, 0.15) is 10.4 Å². The first kappa shape index (κ1) is 19.5. The van der Waals surface area contributed by atoms with Gasteiger partial charge in [0.15, 0.2) is 4.80 Å². The molecule has 0 saturated carbocycles. The number of methoxy groups -OCH3 is 1. The van der Waals surface area contributed by atoms with Crippen LogP contribution in [0.4, 0.5) is 5.69 Å². The Balaban J connectivity index is 2.09. The van der Waals surface area contributed by atoms with Crippen LogP contribution in [0.15, 0.2) is 41.4 Å². The number of fused-ring (bicyclic) bond motifs is 1. The monoisotopic (exact) mass is 425 g/mol. The highest BCUT2D eigenvalue weighted by Crippen LogP contribution is 2.29. The molecule has 0 atom stereocenters. The quantitative estimate of drug-likeness (QED) is 0.450. The second kappa shape index (κ2) is 8.18. The number of thiazole rings is 1. The Hall–Kier alpha value is -2.26. The normalized spacial score (nSPS) is 11.9. The van der Waals surface area contributed by atoms with Gasteiger partial charge in [-0.3, -0.25) is 14.9 Å². The van der Waals surface area contributed by atoms with Crippen molar-refractivity contribution >= 4 is 56.3 Å². The predicted molar refractivity (Wildman–Crippen MR) is 105 cm³/mol. The van der Waals surface area contributed by atoms with E-state index in [1.165, 1.54) is 35.6 Å². The predicted octanol–water partition coefficient (Wildman–Crippen LogP) is 4.31. The Morgan fingerprint density at radius 2 is 2.00 bits per heavy atom. The maximum Gasteiger partial charge on any atom is 0.279 e. The number of halogens is 2. The minimum atomic E-state index is -0.526. The molecule has 2 aromatic carbocycles. The summed E-state index contributed by atoms with van der Waals surface area (Å²) in [6.07, 6.45) is 0. The molecule has 0 aliphatic carbocycles.